The molecule has 0 saturated carbocycles. The van der Waals surface area contributed by atoms with Crippen molar-refractivity contribution in [2.45, 2.75) is 6.61 Å². The molecular weight excluding hydrogens is 349 g/mol. The lowest BCUT2D eigenvalue weighted by molar-refractivity contribution is 0.306. The molecule has 0 saturated heterocycles. The molecule has 0 aliphatic carbocycles. The van der Waals surface area contributed by atoms with Gasteiger partial charge in [0.05, 0.1) is 10.0 Å². The molecule has 0 spiro atoms. The highest BCUT2D eigenvalue weighted by molar-refractivity contribution is 6.42. The second-order valence-electron chi connectivity index (χ2n) is 4.92. The molecule has 0 radical (unpaired) electrons. The van der Waals surface area contributed by atoms with Crippen molar-refractivity contribution in [3.63, 3.8) is 0 Å². The molecule has 0 aliphatic heterocycles. The Morgan fingerprint density at radius 3 is 2.46 bits per heavy atom. The van der Waals surface area contributed by atoms with E-state index in [9.17, 15) is 0 Å². The number of nitrogens with two attached hydrogens (primary N) is 1. The number of rotatable bonds is 5. The van der Waals surface area contributed by atoms with Gasteiger partial charge in [-0.25, -0.2) is 0 Å². The number of aromatic nitrogens is 2. The van der Waals surface area contributed by atoms with Gasteiger partial charge in [-0.05, 0) is 41.5 Å². The Morgan fingerprint density at radius 1 is 1.00 bits per heavy atom. The fraction of sp³-hybridized carbons (Fsp3) is 0.0588. The minimum Gasteiger partial charge on any atom is -0.489 e. The molecule has 7 heteroatoms. The second kappa shape index (κ2) is 7.38. The summed E-state index contributed by atoms with van der Waals surface area (Å²) >= 11 is 11.9. The minimum absolute atomic E-state index is 0.0423. The average Bonchev–Trinajstić information content (AvgIpc) is 3.00. The van der Waals surface area contributed by atoms with Crippen molar-refractivity contribution in [1.29, 1.82) is 0 Å². The molecule has 2 N–H and O–H groups in total. The highest BCUT2D eigenvalue weighted by atomic mass is 35.5. The molecule has 0 unspecified atom stereocenters. The number of benzene rings is 2. The number of nitrogens with zero attached hydrogens (tertiary/aromatic N) is 2. The summed E-state index contributed by atoms with van der Waals surface area (Å²) in [5.41, 5.74) is 7.27. The van der Waals surface area contributed by atoms with Gasteiger partial charge in [-0.1, -0.05) is 46.5 Å². The van der Waals surface area contributed by atoms with Crippen LogP contribution in [0.2, 0.25) is 10.0 Å². The van der Waals surface area contributed by atoms with Crippen molar-refractivity contribution < 1.29 is 9.15 Å². The molecule has 3 aromatic rings. The standard InChI is InChI=1S/C17H13Cl2N3O2/c18-14-7-3-12(9-15(14)19)10-23-13-5-1-11(2-6-13)4-8-16-21-22-17(20)24-16/h1-9H,10H2,(H2,20,22)/b8-4+. The van der Waals surface area contributed by atoms with Gasteiger partial charge in [0, 0.05) is 6.08 Å². The van der Waals surface area contributed by atoms with E-state index in [0.29, 0.717) is 22.5 Å². The Bertz CT molecular complexity index is 861. The van der Waals surface area contributed by atoms with E-state index < -0.39 is 0 Å². The van der Waals surface area contributed by atoms with Gasteiger partial charge in [-0.15, -0.1) is 5.10 Å². The maximum atomic E-state index is 5.98. The maximum absolute atomic E-state index is 5.98. The van der Waals surface area contributed by atoms with Gasteiger partial charge in [-0.3, -0.25) is 0 Å². The Balaban J connectivity index is 1.60. The van der Waals surface area contributed by atoms with Crippen LogP contribution in [0, 0.1) is 0 Å². The van der Waals surface area contributed by atoms with Crippen LogP contribution >= 0.6 is 23.2 Å². The predicted molar refractivity (Wildman–Crippen MR) is 94.9 cm³/mol. The molecule has 1 aromatic heterocycles. The lowest BCUT2D eigenvalue weighted by Crippen LogP contribution is -1.95. The van der Waals surface area contributed by atoms with Crippen LogP contribution < -0.4 is 10.5 Å². The predicted octanol–water partition coefficient (Wildman–Crippen LogP) is 4.71. The number of hydrogen-bond acceptors (Lipinski definition) is 5. The Morgan fingerprint density at radius 2 is 1.79 bits per heavy atom. The van der Waals surface area contributed by atoms with Crippen LogP contribution in [0.5, 0.6) is 5.75 Å². The van der Waals surface area contributed by atoms with Crippen LogP contribution in [-0.4, -0.2) is 10.2 Å². The van der Waals surface area contributed by atoms with E-state index >= 15 is 0 Å². The third kappa shape index (κ3) is 4.28. The first-order chi connectivity index (χ1) is 11.6. The van der Waals surface area contributed by atoms with Crippen LogP contribution in [0.25, 0.3) is 12.2 Å². The quantitative estimate of drug-likeness (QED) is 0.712. The second-order valence-corrected chi connectivity index (χ2v) is 5.73. The van der Waals surface area contributed by atoms with E-state index in [4.69, 9.17) is 38.1 Å². The van der Waals surface area contributed by atoms with Crippen molar-refractivity contribution in [3.05, 3.63) is 69.5 Å². The van der Waals surface area contributed by atoms with Gasteiger partial charge in [-0.2, -0.15) is 0 Å². The number of anilines is 1. The molecule has 0 aliphatic rings. The van der Waals surface area contributed by atoms with Gasteiger partial charge in [0.2, 0.25) is 5.89 Å². The van der Waals surface area contributed by atoms with Gasteiger partial charge in [0.1, 0.15) is 12.4 Å². The van der Waals surface area contributed by atoms with Gasteiger partial charge in [0.15, 0.2) is 0 Å². The van der Waals surface area contributed by atoms with E-state index in [1.807, 2.05) is 36.4 Å². The molecule has 24 heavy (non-hydrogen) atoms. The van der Waals surface area contributed by atoms with Gasteiger partial charge < -0.3 is 14.9 Å². The first-order valence-electron chi connectivity index (χ1n) is 7.04. The van der Waals surface area contributed by atoms with E-state index in [-0.39, 0.29) is 6.01 Å². The molecule has 5 nitrogen and oxygen atoms in total. The zero-order chi connectivity index (χ0) is 16.9. The van der Waals surface area contributed by atoms with Crippen molar-refractivity contribution in [1.82, 2.24) is 10.2 Å². The average molecular weight is 362 g/mol. The normalized spacial score (nSPS) is 11.1. The number of ether oxygens (including phenoxy) is 1. The van der Waals surface area contributed by atoms with Crippen LogP contribution in [0.4, 0.5) is 6.01 Å². The SMILES string of the molecule is Nc1nnc(/C=C/c2ccc(OCc3ccc(Cl)c(Cl)c3)cc2)o1. The number of hydrogen-bond donors (Lipinski definition) is 1. The summed E-state index contributed by atoms with van der Waals surface area (Å²) in [4.78, 5) is 0. The van der Waals surface area contributed by atoms with Crippen LogP contribution in [0.3, 0.4) is 0 Å². The Hall–Kier alpha value is -2.50. The fourth-order valence-corrected chi connectivity index (χ4v) is 2.27. The number of nitrogen functional groups attached to an aromatic ring is 1. The van der Waals surface area contributed by atoms with Gasteiger partial charge in [0.25, 0.3) is 0 Å². The molecule has 1 heterocycles. The third-order valence-electron chi connectivity index (χ3n) is 3.14. The molecular formula is C17H13Cl2N3O2. The smallest absolute Gasteiger partial charge is 0.313 e. The zero-order valence-electron chi connectivity index (χ0n) is 12.4. The lowest BCUT2D eigenvalue weighted by atomic mass is 10.2. The fourth-order valence-electron chi connectivity index (χ4n) is 1.95. The van der Waals surface area contributed by atoms with Crippen molar-refractivity contribution in [2.75, 3.05) is 5.73 Å². The van der Waals surface area contributed by atoms with E-state index in [1.54, 1.807) is 18.2 Å². The molecule has 3 rings (SSSR count). The minimum atomic E-state index is 0.0423. The highest BCUT2D eigenvalue weighted by Crippen LogP contribution is 2.23. The van der Waals surface area contributed by atoms with Crippen molar-refractivity contribution >= 4 is 41.4 Å². The molecule has 0 atom stereocenters. The summed E-state index contributed by atoms with van der Waals surface area (Å²) in [6, 6.07) is 13.0. The van der Waals surface area contributed by atoms with Crippen LogP contribution in [0.15, 0.2) is 46.9 Å². The summed E-state index contributed by atoms with van der Waals surface area (Å²) in [6.45, 7) is 0.410. The molecule has 0 fully saturated rings. The van der Waals surface area contributed by atoms with Crippen molar-refractivity contribution in [2.24, 2.45) is 0 Å². The first kappa shape index (κ1) is 16.4. The number of halogens is 2. The Labute approximate surface area is 148 Å². The largest absolute Gasteiger partial charge is 0.489 e. The van der Waals surface area contributed by atoms with E-state index in [0.717, 1.165) is 16.9 Å². The van der Waals surface area contributed by atoms with Crippen LogP contribution in [0.1, 0.15) is 17.0 Å². The summed E-state index contributed by atoms with van der Waals surface area (Å²) in [6.07, 6.45) is 3.53. The van der Waals surface area contributed by atoms with Crippen molar-refractivity contribution in [3.8, 4) is 5.75 Å². The maximum Gasteiger partial charge on any atom is 0.313 e. The summed E-state index contributed by atoms with van der Waals surface area (Å²) in [5.74, 6) is 1.10. The molecule has 0 bridgehead atoms. The van der Waals surface area contributed by atoms with E-state index in [1.165, 1.54) is 0 Å². The first-order valence-corrected chi connectivity index (χ1v) is 7.79. The molecule has 2 aromatic carbocycles. The Kier molecular flexibility index (Phi) is 5.03. The molecule has 0 amide bonds. The topological polar surface area (TPSA) is 74.2 Å². The van der Waals surface area contributed by atoms with E-state index in [2.05, 4.69) is 10.2 Å². The summed E-state index contributed by atoms with van der Waals surface area (Å²) in [5, 5.41) is 8.37. The summed E-state index contributed by atoms with van der Waals surface area (Å²) < 4.78 is 10.8. The third-order valence-corrected chi connectivity index (χ3v) is 3.88. The highest BCUT2D eigenvalue weighted by Gasteiger charge is 2.01. The monoisotopic (exact) mass is 361 g/mol. The lowest BCUT2D eigenvalue weighted by Gasteiger charge is -2.07. The zero-order valence-corrected chi connectivity index (χ0v) is 14.0. The molecule has 122 valence electrons. The van der Waals surface area contributed by atoms with Gasteiger partial charge >= 0.3 is 6.01 Å². The van der Waals surface area contributed by atoms with Crippen LogP contribution in [-0.2, 0) is 6.61 Å². The summed E-state index contributed by atoms with van der Waals surface area (Å²) in [7, 11) is 0.